The van der Waals surface area contributed by atoms with Gasteiger partial charge in [-0.1, -0.05) is 62.9 Å². The minimum atomic E-state index is -0.498. The maximum atomic E-state index is 12.7. The fourth-order valence-electron chi connectivity index (χ4n) is 3.40. The summed E-state index contributed by atoms with van der Waals surface area (Å²) in [6.07, 6.45) is 5.90. The van der Waals surface area contributed by atoms with Gasteiger partial charge in [0, 0.05) is 5.56 Å². The second-order valence-corrected chi connectivity index (χ2v) is 7.94. The lowest BCUT2D eigenvalue weighted by atomic mass is 10.1. The summed E-state index contributed by atoms with van der Waals surface area (Å²) >= 11 is 0. The average molecular weight is 446 g/mol. The van der Waals surface area contributed by atoms with E-state index in [1.807, 2.05) is 19.1 Å². The van der Waals surface area contributed by atoms with E-state index in [-0.39, 0.29) is 5.91 Å². The zero-order chi connectivity index (χ0) is 23.5. The normalized spacial score (nSPS) is 10.5. The lowest BCUT2D eigenvalue weighted by Crippen LogP contribution is -2.15. The van der Waals surface area contributed by atoms with E-state index < -0.39 is 5.97 Å². The van der Waals surface area contributed by atoms with Crippen molar-refractivity contribution in [2.45, 2.75) is 46.0 Å². The summed E-state index contributed by atoms with van der Waals surface area (Å²) in [4.78, 5) is 25.3. The molecule has 172 valence electrons. The second kappa shape index (κ2) is 12.4. The van der Waals surface area contributed by atoms with E-state index in [0.29, 0.717) is 29.2 Å². The Hall–Kier alpha value is -3.60. The van der Waals surface area contributed by atoms with E-state index in [0.717, 1.165) is 24.2 Å². The van der Waals surface area contributed by atoms with Crippen molar-refractivity contribution in [2.75, 3.05) is 11.9 Å². The van der Waals surface area contributed by atoms with Crippen LogP contribution in [0.15, 0.2) is 72.8 Å². The predicted molar refractivity (Wildman–Crippen MR) is 131 cm³/mol. The molecule has 0 fully saturated rings. The van der Waals surface area contributed by atoms with Gasteiger partial charge >= 0.3 is 5.97 Å². The van der Waals surface area contributed by atoms with Crippen LogP contribution in [0.4, 0.5) is 5.69 Å². The molecule has 0 aliphatic carbocycles. The molecule has 0 aliphatic rings. The van der Waals surface area contributed by atoms with Crippen molar-refractivity contribution in [3.63, 3.8) is 0 Å². The zero-order valence-electron chi connectivity index (χ0n) is 19.3. The highest BCUT2D eigenvalue weighted by Crippen LogP contribution is 2.29. The maximum absolute atomic E-state index is 12.7. The molecule has 3 rings (SSSR count). The van der Waals surface area contributed by atoms with Gasteiger partial charge < -0.3 is 14.8 Å². The first kappa shape index (κ1) is 24.1. The third kappa shape index (κ3) is 7.21. The molecule has 0 radical (unpaired) electrons. The molecule has 0 unspecified atom stereocenters. The number of hydrogen-bond acceptors (Lipinski definition) is 4. The molecule has 0 aromatic heterocycles. The van der Waals surface area contributed by atoms with Crippen molar-refractivity contribution < 1.29 is 19.1 Å². The highest BCUT2D eigenvalue weighted by Gasteiger charge is 2.16. The van der Waals surface area contributed by atoms with Crippen LogP contribution in [0.3, 0.4) is 0 Å². The first-order chi connectivity index (χ1) is 16.1. The van der Waals surface area contributed by atoms with Crippen LogP contribution in [0, 0.1) is 6.92 Å². The van der Waals surface area contributed by atoms with Gasteiger partial charge in [-0.3, -0.25) is 4.79 Å². The first-order valence-electron chi connectivity index (χ1n) is 11.5. The van der Waals surface area contributed by atoms with E-state index in [2.05, 4.69) is 12.2 Å². The molecule has 1 amide bonds. The quantitative estimate of drug-likeness (QED) is 0.200. The number of amides is 1. The van der Waals surface area contributed by atoms with Crippen molar-refractivity contribution in [1.82, 2.24) is 0 Å². The Balaban J connectivity index is 1.61. The Morgan fingerprint density at radius 3 is 2.24 bits per heavy atom. The van der Waals surface area contributed by atoms with Crippen molar-refractivity contribution in [3.8, 4) is 11.5 Å². The number of aryl methyl sites for hydroxylation is 1. The number of benzene rings is 3. The topological polar surface area (TPSA) is 64.6 Å². The van der Waals surface area contributed by atoms with Gasteiger partial charge in [0.15, 0.2) is 5.75 Å². The van der Waals surface area contributed by atoms with E-state index in [1.165, 1.54) is 19.3 Å². The largest absolute Gasteiger partial charge is 0.494 e. The van der Waals surface area contributed by atoms with Crippen LogP contribution in [-0.2, 0) is 0 Å². The van der Waals surface area contributed by atoms with Gasteiger partial charge in [0.25, 0.3) is 5.91 Å². The molecule has 3 aromatic rings. The predicted octanol–water partition coefficient (Wildman–Crippen LogP) is 6.82. The number of para-hydroxylation sites is 1. The van der Waals surface area contributed by atoms with Crippen LogP contribution in [-0.4, -0.2) is 18.5 Å². The van der Waals surface area contributed by atoms with Crippen molar-refractivity contribution >= 4 is 17.6 Å². The molecule has 0 heterocycles. The van der Waals surface area contributed by atoms with Gasteiger partial charge in [0.1, 0.15) is 5.75 Å². The number of carbonyl (C=O) groups excluding carboxylic acids is 2. The molecule has 0 saturated heterocycles. The molecule has 3 aromatic carbocycles. The number of rotatable bonds is 11. The van der Waals surface area contributed by atoms with Crippen molar-refractivity contribution in [2.24, 2.45) is 0 Å². The lowest BCUT2D eigenvalue weighted by molar-refractivity contribution is 0.0734. The standard InChI is InChI=1S/C28H31NO4/c1-3-4-5-6-10-20-32-24-18-16-23(17-19-24)28(31)33-25-15-11-12-21(2)26(25)29-27(30)22-13-8-7-9-14-22/h7-9,11-19H,3-6,10,20H2,1-2H3,(H,29,30). The summed E-state index contributed by atoms with van der Waals surface area (Å²) in [6, 6.07) is 21.1. The lowest BCUT2D eigenvalue weighted by Gasteiger charge is -2.14. The molecule has 0 bridgehead atoms. The summed E-state index contributed by atoms with van der Waals surface area (Å²) in [7, 11) is 0. The Bertz CT molecular complexity index is 1050. The van der Waals surface area contributed by atoms with Gasteiger partial charge in [0.05, 0.1) is 17.9 Å². The van der Waals surface area contributed by atoms with Crippen molar-refractivity contribution in [1.29, 1.82) is 0 Å². The monoisotopic (exact) mass is 445 g/mol. The molecule has 0 saturated carbocycles. The summed E-state index contributed by atoms with van der Waals surface area (Å²) < 4.78 is 11.4. The minimum absolute atomic E-state index is 0.265. The molecule has 5 heteroatoms. The Morgan fingerprint density at radius 2 is 1.52 bits per heavy atom. The molecule has 0 spiro atoms. The number of nitrogens with one attached hydrogen (secondary N) is 1. The van der Waals surface area contributed by atoms with Gasteiger partial charge in [-0.15, -0.1) is 0 Å². The van der Waals surface area contributed by atoms with Crippen molar-refractivity contribution in [3.05, 3.63) is 89.5 Å². The number of hydrogen-bond donors (Lipinski definition) is 1. The smallest absolute Gasteiger partial charge is 0.343 e. The van der Waals surface area contributed by atoms with Gasteiger partial charge in [-0.2, -0.15) is 0 Å². The summed E-state index contributed by atoms with van der Waals surface area (Å²) in [5, 5.41) is 2.87. The molecule has 33 heavy (non-hydrogen) atoms. The summed E-state index contributed by atoms with van der Waals surface area (Å²) in [6.45, 7) is 4.72. The molecule has 0 aliphatic heterocycles. The van der Waals surface area contributed by atoms with E-state index >= 15 is 0 Å². The summed E-state index contributed by atoms with van der Waals surface area (Å²) in [5.41, 5.74) is 2.21. The molecule has 1 N–H and O–H groups in total. The van der Waals surface area contributed by atoms with Gasteiger partial charge in [-0.25, -0.2) is 4.79 Å². The third-order valence-corrected chi connectivity index (χ3v) is 5.32. The Morgan fingerprint density at radius 1 is 0.788 bits per heavy atom. The third-order valence-electron chi connectivity index (χ3n) is 5.32. The van der Waals surface area contributed by atoms with Crippen LogP contribution < -0.4 is 14.8 Å². The van der Waals surface area contributed by atoms with Crippen LogP contribution in [0.2, 0.25) is 0 Å². The van der Waals surface area contributed by atoms with Gasteiger partial charge in [0.2, 0.25) is 0 Å². The number of esters is 1. The second-order valence-electron chi connectivity index (χ2n) is 7.94. The van der Waals surface area contributed by atoms with Crippen LogP contribution in [0.5, 0.6) is 11.5 Å². The van der Waals surface area contributed by atoms with Crippen LogP contribution in [0.1, 0.15) is 65.3 Å². The molecular formula is C28H31NO4. The molecule has 0 atom stereocenters. The highest BCUT2D eigenvalue weighted by atomic mass is 16.5. The number of anilines is 1. The maximum Gasteiger partial charge on any atom is 0.343 e. The van der Waals surface area contributed by atoms with E-state index in [4.69, 9.17) is 9.47 Å². The van der Waals surface area contributed by atoms with Crippen LogP contribution in [0.25, 0.3) is 0 Å². The van der Waals surface area contributed by atoms with Gasteiger partial charge in [-0.05, 0) is 61.4 Å². The number of ether oxygens (including phenoxy) is 2. The zero-order valence-corrected chi connectivity index (χ0v) is 19.3. The Kier molecular flexibility index (Phi) is 9.07. The number of unbranched alkanes of at least 4 members (excludes halogenated alkanes) is 4. The minimum Gasteiger partial charge on any atom is -0.494 e. The van der Waals surface area contributed by atoms with E-state index in [9.17, 15) is 9.59 Å². The number of carbonyl (C=O) groups is 2. The molecule has 5 nitrogen and oxygen atoms in total. The SMILES string of the molecule is CCCCCCCOc1ccc(C(=O)Oc2cccc(C)c2NC(=O)c2ccccc2)cc1. The molecular weight excluding hydrogens is 414 g/mol. The highest BCUT2D eigenvalue weighted by molar-refractivity contribution is 6.05. The Labute approximate surface area is 195 Å². The summed E-state index contributed by atoms with van der Waals surface area (Å²) in [5.74, 6) is 0.269. The first-order valence-corrected chi connectivity index (χ1v) is 11.5. The fourth-order valence-corrected chi connectivity index (χ4v) is 3.40. The fraction of sp³-hybridized carbons (Fsp3) is 0.286. The van der Waals surface area contributed by atoms with Crippen LogP contribution >= 0.6 is 0 Å². The average Bonchev–Trinajstić information content (AvgIpc) is 2.84. The van der Waals surface area contributed by atoms with E-state index in [1.54, 1.807) is 60.7 Å².